The van der Waals surface area contributed by atoms with Crippen molar-refractivity contribution in [1.29, 1.82) is 0 Å². The highest BCUT2D eigenvalue weighted by Gasteiger charge is 2.45. The summed E-state index contributed by atoms with van der Waals surface area (Å²) >= 11 is 6.03. The van der Waals surface area contributed by atoms with E-state index in [9.17, 15) is 0 Å². The Morgan fingerprint density at radius 2 is 2.00 bits per heavy atom. The third kappa shape index (κ3) is 1.91. The minimum atomic E-state index is -1.71. The first kappa shape index (κ1) is 13.4. The molecule has 2 N–H and O–H groups in total. The van der Waals surface area contributed by atoms with Gasteiger partial charge in [0, 0.05) is 17.3 Å². The molecule has 0 amide bonds. The number of halogens is 2. The second-order valence-electron chi connectivity index (χ2n) is 5.52. The molecule has 0 spiro atoms. The SMILES string of the molecule is CC(C)(C)C(F)(CN)c1cc2cccc(Cl)c2o1. The highest BCUT2D eigenvalue weighted by Crippen LogP contribution is 2.44. The zero-order valence-corrected chi connectivity index (χ0v) is 11.5. The Bertz CT molecular complexity index is 573. The molecule has 2 rings (SSSR count). The summed E-state index contributed by atoms with van der Waals surface area (Å²) < 4.78 is 20.7. The maximum Gasteiger partial charge on any atom is 0.185 e. The number of fused-ring (bicyclic) bond motifs is 1. The summed E-state index contributed by atoms with van der Waals surface area (Å²) in [5, 5.41) is 1.27. The summed E-state index contributed by atoms with van der Waals surface area (Å²) in [6, 6.07) is 7.05. The molecule has 0 saturated heterocycles. The van der Waals surface area contributed by atoms with Crippen molar-refractivity contribution in [1.82, 2.24) is 0 Å². The van der Waals surface area contributed by atoms with Crippen LogP contribution in [-0.2, 0) is 5.67 Å². The third-order valence-electron chi connectivity index (χ3n) is 3.36. The molecule has 1 unspecified atom stereocenters. The summed E-state index contributed by atoms with van der Waals surface area (Å²) in [6.07, 6.45) is 0. The molecule has 0 radical (unpaired) electrons. The Morgan fingerprint density at radius 1 is 1.33 bits per heavy atom. The fourth-order valence-electron chi connectivity index (χ4n) is 2.00. The minimum absolute atomic E-state index is 0.131. The monoisotopic (exact) mass is 269 g/mol. The van der Waals surface area contributed by atoms with Gasteiger partial charge in [-0.3, -0.25) is 0 Å². The number of para-hydroxylation sites is 1. The van der Waals surface area contributed by atoms with Crippen LogP contribution in [-0.4, -0.2) is 6.54 Å². The maximum atomic E-state index is 15.1. The van der Waals surface area contributed by atoms with Crippen LogP contribution in [0, 0.1) is 5.41 Å². The normalized spacial score (nSPS) is 15.9. The lowest BCUT2D eigenvalue weighted by Crippen LogP contribution is -2.42. The Kier molecular flexibility index (Phi) is 3.16. The first-order chi connectivity index (χ1) is 8.29. The van der Waals surface area contributed by atoms with Gasteiger partial charge < -0.3 is 10.2 Å². The van der Waals surface area contributed by atoms with E-state index in [4.69, 9.17) is 21.8 Å². The van der Waals surface area contributed by atoms with E-state index in [1.807, 2.05) is 12.1 Å². The average molecular weight is 270 g/mol. The van der Waals surface area contributed by atoms with Crippen molar-refractivity contribution in [2.24, 2.45) is 11.1 Å². The van der Waals surface area contributed by atoms with Crippen molar-refractivity contribution in [2.45, 2.75) is 26.4 Å². The molecule has 0 bridgehead atoms. The lowest BCUT2D eigenvalue weighted by molar-refractivity contribution is 0.0143. The molecule has 0 aliphatic rings. The summed E-state index contributed by atoms with van der Waals surface area (Å²) in [6.45, 7) is 5.27. The molecule has 0 saturated carbocycles. The van der Waals surface area contributed by atoms with Gasteiger partial charge in [0.25, 0.3) is 0 Å². The smallest absolute Gasteiger partial charge is 0.185 e. The number of benzene rings is 1. The van der Waals surface area contributed by atoms with Crippen LogP contribution in [0.3, 0.4) is 0 Å². The van der Waals surface area contributed by atoms with Gasteiger partial charge in [-0.25, -0.2) is 4.39 Å². The van der Waals surface area contributed by atoms with Crippen molar-refractivity contribution in [3.05, 3.63) is 35.0 Å². The van der Waals surface area contributed by atoms with Crippen LogP contribution in [0.4, 0.5) is 4.39 Å². The first-order valence-corrected chi connectivity index (χ1v) is 6.25. The molecule has 0 aliphatic carbocycles. The predicted molar refractivity (Wildman–Crippen MR) is 72.5 cm³/mol. The van der Waals surface area contributed by atoms with Gasteiger partial charge in [0.2, 0.25) is 0 Å². The molecule has 2 nitrogen and oxygen atoms in total. The van der Waals surface area contributed by atoms with Gasteiger partial charge in [-0.2, -0.15) is 0 Å². The van der Waals surface area contributed by atoms with Gasteiger partial charge in [-0.1, -0.05) is 44.5 Å². The molecule has 98 valence electrons. The molecule has 1 aromatic carbocycles. The van der Waals surface area contributed by atoms with Crippen LogP contribution in [0.25, 0.3) is 11.0 Å². The van der Waals surface area contributed by atoms with Crippen molar-refractivity contribution in [3.8, 4) is 0 Å². The van der Waals surface area contributed by atoms with Gasteiger partial charge in [0.1, 0.15) is 5.76 Å². The molecule has 0 aliphatic heterocycles. The van der Waals surface area contributed by atoms with Crippen LogP contribution >= 0.6 is 11.6 Å². The molecule has 4 heteroatoms. The van der Waals surface area contributed by atoms with Crippen LogP contribution in [0.5, 0.6) is 0 Å². The molecule has 1 aromatic heterocycles. The van der Waals surface area contributed by atoms with Crippen LogP contribution in [0.2, 0.25) is 5.02 Å². The van der Waals surface area contributed by atoms with Gasteiger partial charge >= 0.3 is 0 Å². The van der Waals surface area contributed by atoms with E-state index >= 15 is 4.39 Å². The maximum absolute atomic E-state index is 15.1. The number of hydrogen-bond acceptors (Lipinski definition) is 2. The number of furan rings is 1. The lowest BCUT2D eigenvalue weighted by atomic mass is 9.76. The van der Waals surface area contributed by atoms with E-state index in [2.05, 4.69) is 0 Å². The molecular formula is C14H17ClFNO. The second kappa shape index (κ2) is 4.25. The lowest BCUT2D eigenvalue weighted by Gasteiger charge is -2.34. The highest BCUT2D eigenvalue weighted by atomic mass is 35.5. The van der Waals surface area contributed by atoms with Gasteiger partial charge in [0.15, 0.2) is 11.3 Å². The topological polar surface area (TPSA) is 39.2 Å². The van der Waals surface area contributed by atoms with Crippen molar-refractivity contribution in [2.75, 3.05) is 6.54 Å². The predicted octanol–water partition coefficient (Wildman–Crippen LogP) is 4.26. The fraction of sp³-hybridized carbons (Fsp3) is 0.429. The summed E-state index contributed by atoms with van der Waals surface area (Å²) in [5.41, 5.74) is 3.76. The van der Waals surface area contributed by atoms with E-state index in [0.717, 1.165) is 5.39 Å². The largest absolute Gasteiger partial charge is 0.456 e. The second-order valence-corrected chi connectivity index (χ2v) is 5.93. The average Bonchev–Trinajstić information content (AvgIpc) is 2.72. The van der Waals surface area contributed by atoms with Crippen molar-refractivity contribution in [3.63, 3.8) is 0 Å². The Balaban J connectivity index is 2.64. The molecule has 1 heterocycles. The van der Waals surface area contributed by atoms with E-state index in [-0.39, 0.29) is 12.3 Å². The molecule has 2 aromatic rings. The van der Waals surface area contributed by atoms with Crippen molar-refractivity contribution < 1.29 is 8.81 Å². The number of hydrogen-bond donors (Lipinski definition) is 1. The summed E-state index contributed by atoms with van der Waals surface area (Å²) in [7, 11) is 0. The van der Waals surface area contributed by atoms with Gasteiger partial charge in [-0.05, 0) is 12.1 Å². The number of nitrogens with two attached hydrogens (primary N) is 1. The van der Waals surface area contributed by atoms with E-state index in [1.54, 1.807) is 32.9 Å². The Morgan fingerprint density at radius 3 is 2.50 bits per heavy atom. The summed E-state index contributed by atoms with van der Waals surface area (Å²) in [5.74, 6) is 0.237. The molecular weight excluding hydrogens is 253 g/mol. The van der Waals surface area contributed by atoms with Crippen LogP contribution in [0.1, 0.15) is 26.5 Å². The zero-order chi connectivity index (χ0) is 13.6. The molecule has 0 fully saturated rings. The Labute approximate surface area is 111 Å². The number of rotatable bonds is 2. The van der Waals surface area contributed by atoms with E-state index in [0.29, 0.717) is 10.6 Å². The van der Waals surface area contributed by atoms with E-state index < -0.39 is 11.1 Å². The Hall–Kier alpha value is -1.06. The van der Waals surface area contributed by atoms with E-state index in [1.165, 1.54) is 0 Å². The highest BCUT2D eigenvalue weighted by molar-refractivity contribution is 6.34. The quantitative estimate of drug-likeness (QED) is 0.885. The van der Waals surface area contributed by atoms with Crippen molar-refractivity contribution >= 4 is 22.6 Å². The van der Waals surface area contributed by atoms with Crippen LogP contribution in [0.15, 0.2) is 28.7 Å². The van der Waals surface area contributed by atoms with Crippen LogP contribution < -0.4 is 5.73 Å². The van der Waals surface area contributed by atoms with Gasteiger partial charge in [-0.15, -0.1) is 0 Å². The van der Waals surface area contributed by atoms with Gasteiger partial charge in [0.05, 0.1) is 5.02 Å². The zero-order valence-electron chi connectivity index (χ0n) is 10.8. The minimum Gasteiger partial charge on any atom is -0.456 e. The standard InChI is InChI=1S/C14H17ClFNO/c1-13(2,3)14(16,8-17)11-7-9-5-4-6-10(15)12(9)18-11/h4-7H,8,17H2,1-3H3. The number of alkyl halides is 1. The first-order valence-electron chi connectivity index (χ1n) is 5.87. The molecule has 18 heavy (non-hydrogen) atoms. The third-order valence-corrected chi connectivity index (χ3v) is 3.65. The molecule has 1 atom stereocenters. The fourth-order valence-corrected chi connectivity index (χ4v) is 2.22. The summed E-state index contributed by atoms with van der Waals surface area (Å²) in [4.78, 5) is 0.